The van der Waals surface area contributed by atoms with Crippen molar-refractivity contribution in [3.8, 4) is 11.5 Å². The number of rotatable bonds is 8. The first-order chi connectivity index (χ1) is 13.5. The van der Waals surface area contributed by atoms with E-state index in [-0.39, 0.29) is 5.92 Å². The summed E-state index contributed by atoms with van der Waals surface area (Å²) in [6, 6.07) is 4.17. The largest absolute Gasteiger partial charge is 0.508 e. The summed E-state index contributed by atoms with van der Waals surface area (Å²) in [6.07, 6.45) is 7.93. The first kappa shape index (κ1) is 21.0. The standard InChI is InChI=1S/C24H37NO3/c1-5-7-8-9-16(3)17(4)19-12-22(26)24-21-14-20(25-28-6-2)11-10-18(21)15-27-23(24)13-19/h12-13,16-18,21,26H,5-11,14-15H2,1-4H3/b25-20-. The zero-order valence-electron chi connectivity index (χ0n) is 18.0. The van der Waals surface area contributed by atoms with Crippen molar-refractivity contribution in [2.24, 2.45) is 17.0 Å². The summed E-state index contributed by atoms with van der Waals surface area (Å²) >= 11 is 0. The summed E-state index contributed by atoms with van der Waals surface area (Å²) < 4.78 is 6.13. The van der Waals surface area contributed by atoms with Gasteiger partial charge in [0.05, 0.1) is 12.3 Å². The highest BCUT2D eigenvalue weighted by Gasteiger charge is 2.37. The van der Waals surface area contributed by atoms with E-state index in [1.165, 1.54) is 31.2 Å². The second-order valence-electron chi connectivity index (χ2n) is 8.71. The van der Waals surface area contributed by atoms with Crippen LogP contribution in [0.2, 0.25) is 0 Å². The van der Waals surface area contributed by atoms with E-state index in [9.17, 15) is 5.11 Å². The molecule has 4 nitrogen and oxygen atoms in total. The Morgan fingerprint density at radius 1 is 1.25 bits per heavy atom. The predicted molar refractivity (Wildman–Crippen MR) is 114 cm³/mol. The molecular weight excluding hydrogens is 350 g/mol. The van der Waals surface area contributed by atoms with Crippen LogP contribution in [0.5, 0.6) is 11.5 Å². The number of hydrogen-bond acceptors (Lipinski definition) is 4. The van der Waals surface area contributed by atoms with Crippen LogP contribution in [0.25, 0.3) is 0 Å². The van der Waals surface area contributed by atoms with Gasteiger partial charge in [-0.1, -0.05) is 51.6 Å². The van der Waals surface area contributed by atoms with Gasteiger partial charge in [-0.25, -0.2) is 0 Å². The van der Waals surface area contributed by atoms with Crippen LogP contribution in [0, 0.1) is 11.8 Å². The molecule has 156 valence electrons. The summed E-state index contributed by atoms with van der Waals surface area (Å²) in [6.45, 7) is 10.1. The van der Waals surface area contributed by atoms with Gasteiger partial charge in [-0.2, -0.15) is 0 Å². The highest BCUT2D eigenvalue weighted by molar-refractivity contribution is 5.86. The smallest absolute Gasteiger partial charge is 0.126 e. The molecule has 0 aromatic heterocycles. The van der Waals surface area contributed by atoms with E-state index in [0.29, 0.717) is 30.1 Å². The Kier molecular flexibility index (Phi) is 7.25. The molecule has 1 fully saturated rings. The molecule has 3 rings (SSSR count). The van der Waals surface area contributed by atoms with Crippen LogP contribution in [0.3, 0.4) is 0 Å². The second kappa shape index (κ2) is 9.67. The molecule has 4 atom stereocenters. The SMILES string of the molecule is CCCCCC(C)C(C)c1cc(O)c2c(c1)OCC1CC/C(=N/OCC)CC21. The van der Waals surface area contributed by atoms with Crippen molar-refractivity contribution in [2.45, 2.75) is 84.5 Å². The summed E-state index contributed by atoms with van der Waals surface area (Å²) in [4.78, 5) is 5.28. The Hall–Kier alpha value is -1.71. The lowest BCUT2D eigenvalue weighted by Crippen LogP contribution is -2.32. The maximum atomic E-state index is 10.9. The quantitative estimate of drug-likeness (QED) is 0.416. The van der Waals surface area contributed by atoms with E-state index in [0.717, 1.165) is 42.9 Å². The molecule has 0 radical (unpaired) electrons. The van der Waals surface area contributed by atoms with Gasteiger partial charge in [-0.3, -0.25) is 0 Å². The molecule has 0 amide bonds. The van der Waals surface area contributed by atoms with Gasteiger partial charge in [0.25, 0.3) is 0 Å². The molecule has 1 saturated carbocycles. The Labute approximate surface area is 170 Å². The Morgan fingerprint density at radius 2 is 2.07 bits per heavy atom. The third kappa shape index (κ3) is 4.64. The molecule has 1 aliphatic heterocycles. The number of nitrogens with zero attached hydrogens (tertiary/aromatic N) is 1. The van der Waals surface area contributed by atoms with Crippen LogP contribution in [-0.4, -0.2) is 24.0 Å². The number of ether oxygens (including phenoxy) is 1. The number of fused-ring (bicyclic) bond motifs is 3. The van der Waals surface area contributed by atoms with Gasteiger partial charge in [-0.05, 0) is 55.7 Å². The minimum atomic E-state index is 0.281. The van der Waals surface area contributed by atoms with E-state index in [4.69, 9.17) is 9.57 Å². The molecule has 1 aliphatic carbocycles. The molecular formula is C24H37NO3. The molecule has 1 aromatic carbocycles. The lowest BCUT2D eigenvalue weighted by molar-refractivity contribution is 0.149. The van der Waals surface area contributed by atoms with Crippen LogP contribution in [0.4, 0.5) is 0 Å². The van der Waals surface area contributed by atoms with Crippen molar-refractivity contribution in [3.05, 3.63) is 23.3 Å². The zero-order chi connectivity index (χ0) is 20.1. The normalized spacial score (nSPS) is 24.8. The van der Waals surface area contributed by atoms with Crippen molar-refractivity contribution >= 4 is 5.71 Å². The molecule has 1 N–H and O–H groups in total. The molecule has 0 spiro atoms. The summed E-state index contributed by atoms with van der Waals surface area (Å²) in [5, 5.41) is 15.2. The minimum Gasteiger partial charge on any atom is -0.508 e. The first-order valence-corrected chi connectivity index (χ1v) is 11.2. The van der Waals surface area contributed by atoms with Crippen molar-refractivity contribution in [1.29, 1.82) is 0 Å². The van der Waals surface area contributed by atoms with Crippen LogP contribution in [0.1, 0.15) is 95.6 Å². The van der Waals surface area contributed by atoms with Crippen LogP contribution in [-0.2, 0) is 4.84 Å². The summed E-state index contributed by atoms with van der Waals surface area (Å²) in [5.74, 6) is 3.02. The third-order valence-corrected chi connectivity index (χ3v) is 6.76. The Balaban J connectivity index is 1.79. The highest BCUT2D eigenvalue weighted by atomic mass is 16.6. The number of phenols is 1. The van der Waals surface area contributed by atoms with Crippen molar-refractivity contribution in [1.82, 2.24) is 0 Å². The maximum Gasteiger partial charge on any atom is 0.126 e. The average molecular weight is 388 g/mol. The average Bonchev–Trinajstić information content (AvgIpc) is 2.71. The summed E-state index contributed by atoms with van der Waals surface area (Å²) in [5.41, 5.74) is 3.28. The number of phenolic OH excluding ortho intramolecular Hbond substituents is 1. The van der Waals surface area contributed by atoms with Crippen LogP contribution >= 0.6 is 0 Å². The van der Waals surface area contributed by atoms with Crippen molar-refractivity contribution in [3.63, 3.8) is 0 Å². The van der Waals surface area contributed by atoms with E-state index >= 15 is 0 Å². The number of unbranched alkanes of at least 4 members (excludes halogenated alkanes) is 2. The fraction of sp³-hybridized carbons (Fsp3) is 0.708. The highest BCUT2D eigenvalue weighted by Crippen LogP contribution is 2.49. The topological polar surface area (TPSA) is 51.0 Å². The van der Waals surface area contributed by atoms with Gasteiger partial charge < -0.3 is 14.7 Å². The fourth-order valence-electron chi connectivity index (χ4n) is 4.73. The van der Waals surface area contributed by atoms with E-state index in [2.05, 4.69) is 32.0 Å². The number of oxime groups is 1. The lowest BCUT2D eigenvalue weighted by atomic mass is 9.72. The fourth-order valence-corrected chi connectivity index (χ4v) is 4.73. The van der Waals surface area contributed by atoms with Gasteiger partial charge in [0, 0.05) is 17.4 Å². The number of aromatic hydroxyl groups is 1. The summed E-state index contributed by atoms with van der Waals surface area (Å²) in [7, 11) is 0. The zero-order valence-corrected chi connectivity index (χ0v) is 18.0. The Morgan fingerprint density at radius 3 is 2.82 bits per heavy atom. The van der Waals surface area contributed by atoms with Crippen LogP contribution < -0.4 is 4.74 Å². The van der Waals surface area contributed by atoms with Gasteiger partial charge in [0.1, 0.15) is 18.1 Å². The molecule has 28 heavy (non-hydrogen) atoms. The molecule has 4 unspecified atom stereocenters. The molecule has 2 aliphatic rings. The molecule has 0 saturated heterocycles. The first-order valence-electron chi connectivity index (χ1n) is 11.2. The number of hydrogen-bond donors (Lipinski definition) is 1. The van der Waals surface area contributed by atoms with Gasteiger partial charge in [0.2, 0.25) is 0 Å². The van der Waals surface area contributed by atoms with Crippen molar-refractivity contribution < 1.29 is 14.7 Å². The van der Waals surface area contributed by atoms with E-state index in [1.807, 2.05) is 13.0 Å². The monoisotopic (exact) mass is 387 g/mol. The molecule has 4 heteroatoms. The second-order valence-corrected chi connectivity index (χ2v) is 8.71. The van der Waals surface area contributed by atoms with Gasteiger partial charge in [-0.15, -0.1) is 0 Å². The molecule has 0 bridgehead atoms. The lowest BCUT2D eigenvalue weighted by Gasteiger charge is -2.38. The van der Waals surface area contributed by atoms with Crippen molar-refractivity contribution in [2.75, 3.05) is 13.2 Å². The molecule has 1 aromatic rings. The van der Waals surface area contributed by atoms with Crippen LogP contribution in [0.15, 0.2) is 17.3 Å². The van der Waals surface area contributed by atoms with Gasteiger partial charge >= 0.3 is 0 Å². The minimum absolute atomic E-state index is 0.281. The molecule has 1 heterocycles. The predicted octanol–water partition coefficient (Wildman–Crippen LogP) is 6.38. The van der Waals surface area contributed by atoms with E-state index < -0.39 is 0 Å². The third-order valence-electron chi connectivity index (χ3n) is 6.76. The van der Waals surface area contributed by atoms with E-state index in [1.54, 1.807) is 0 Å². The number of benzene rings is 1. The van der Waals surface area contributed by atoms with Gasteiger partial charge in [0.15, 0.2) is 0 Å². The maximum absolute atomic E-state index is 10.9. The Bertz CT molecular complexity index is 685.